The summed E-state index contributed by atoms with van der Waals surface area (Å²) in [6.07, 6.45) is 1.76. The van der Waals surface area contributed by atoms with Crippen molar-refractivity contribution in [3.63, 3.8) is 0 Å². The molecule has 0 saturated heterocycles. The molecule has 0 radical (unpaired) electrons. The number of carbonyl (C=O) groups is 1. The Morgan fingerprint density at radius 2 is 1.77 bits per heavy atom. The van der Waals surface area contributed by atoms with Gasteiger partial charge in [0, 0.05) is 11.1 Å². The van der Waals surface area contributed by atoms with Crippen LogP contribution in [-0.4, -0.2) is 13.1 Å². The van der Waals surface area contributed by atoms with Gasteiger partial charge in [0.15, 0.2) is 11.6 Å². The lowest BCUT2D eigenvalue weighted by Gasteiger charge is -2.25. The van der Waals surface area contributed by atoms with Crippen LogP contribution in [0.5, 0.6) is 5.75 Å². The van der Waals surface area contributed by atoms with E-state index in [9.17, 15) is 18.0 Å². The lowest BCUT2D eigenvalue weighted by atomic mass is 9.79. The van der Waals surface area contributed by atoms with E-state index in [4.69, 9.17) is 9.47 Å². The van der Waals surface area contributed by atoms with E-state index in [1.165, 1.54) is 19.2 Å². The van der Waals surface area contributed by atoms with E-state index in [0.29, 0.717) is 17.5 Å². The molecule has 0 aliphatic heterocycles. The highest BCUT2D eigenvalue weighted by Gasteiger charge is 2.30. The fraction of sp³-hybridized carbons (Fsp3) is 0.364. The second-order valence-electron chi connectivity index (χ2n) is 10.8. The quantitative estimate of drug-likeness (QED) is 0.185. The minimum Gasteiger partial charge on any atom is -0.486 e. The number of methoxy groups -OCH3 is 1. The third-order valence-corrected chi connectivity index (χ3v) is 7.71. The molecule has 1 atom stereocenters. The Morgan fingerprint density at radius 1 is 1.00 bits per heavy atom. The SMILES string of the molecule is CCC(CC(=O)OC)c1cccc(OCc2ccc(-c3cc(C(F)F)ccc3F)c(C3=CCCC3(C)C)c2)c1F. The Morgan fingerprint density at radius 3 is 2.42 bits per heavy atom. The highest BCUT2D eigenvalue weighted by Crippen LogP contribution is 2.47. The molecule has 1 aliphatic carbocycles. The van der Waals surface area contributed by atoms with E-state index in [0.717, 1.165) is 41.7 Å². The lowest BCUT2D eigenvalue weighted by molar-refractivity contribution is -0.141. The Balaban J connectivity index is 1.68. The topological polar surface area (TPSA) is 35.5 Å². The molecule has 3 nitrogen and oxygen atoms in total. The summed E-state index contributed by atoms with van der Waals surface area (Å²) in [6.45, 7) is 6.12. The van der Waals surface area contributed by atoms with Crippen molar-refractivity contribution < 1.29 is 31.8 Å². The highest BCUT2D eigenvalue weighted by molar-refractivity contribution is 5.85. The van der Waals surface area contributed by atoms with Gasteiger partial charge in [-0.2, -0.15) is 0 Å². The Hall–Kier alpha value is -3.61. The predicted molar refractivity (Wildman–Crippen MR) is 148 cm³/mol. The van der Waals surface area contributed by atoms with Crippen molar-refractivity contribution in [2.24, 2.45) is 5.41 Å². The van der Waals surface area contributed by atoms with Crippen LogP contribution in [-0.2, 0) is 16.1 Å². The zero-order valence-corrected chi connectivity index (χ0v) is 23.2. The van der Waals surface area contributed by atoms with Crippen LogP contribution in [0, 0.1) is 17.0 Å². The molecule has 3 aromatic carbocycles. The molecule has 0 fully saturated rings. The van der Waals surface area contributed by atoms with Crippen LogP contribution in [0.3, 0.4) is 0 Å². The molecule has 1 unspecified atom stereocenters. The molecule has 3 aromatic rings. The van der Waals surface area contributed by atoms with Crippen molar-refractivity contribution in [1.29, 1.82) is 0 Å². The lowest BCUT2D eigenvalue weighted by Crippen LogP contribution is -2.11. The van der Waals surface area contributed by atoms with E-state index in [2.05, 4.69) is 19.9 Å². The summed E-state index contributed by atoms with van der Waals surface area (Å²) in [5.74, 6) is -1.81. The maximum absolute atomic E-state index is 15.4. The summed E-state index contributed by atoms with van der Waals surface area (Å²) < 4.78 is 68.0. The van der Waals surface area contributed by atoms with E-state index in [1.807, 2.05) is 13.0 Å². The molecule has 212 valence electrons. The van der Waals surface area contributed by atoms with Crippen LogP contribution in [0.4, 0.5) is 17.6 Å². The maximum Gasteiger partial charge on any atom is 0.306 e. The van der Waals surface area contributed by atoms with Crippen molar-refractivity contribution >= 4 is 11.5 Å². The average Bonchev–Trinajstić information content (AvgIpc) is 3.29. The summed E-state index contributed by atoms with van der Waals surface area (Å²) in [5.41, 5.74) is 3.04. The van der Waals surface area contributed by atoms with Gasteiger partial charge in [0.1, 0.15) is 12.4 Å². The molecule has 4 rings (SSSR count). The summed E-state index contributed by atoms with van der Waals surface area (Å²) in [6, 6.07) is 13.6. The molecule has 0 N–H and O–H groups in total. The monoisotopic (exact) mass is 554 g/mol. The number of esters is 1. The predicted octanol–water partition coefficient (Wildman–Crippen LogP) is 9.41. The van der Waals surface area contributed by atoms with Gasteiger partial charge < -0.3 is 9.47 Å². The largest absolute Gasteiger partial charge is 0.486 e. The van der Waals surface area contributed by atoms with Gasteiger partial charge in [-0.1, -0.05) is 57.2 Å². The van der Waals surface area contributed by atoms with Crippen LogP contribution >= 0.6 is 0 Å². The van der Waals surface area contributed by atoms with Crippen LogP contribution in [0.1, 0.15) is 81.1 Å². The number of ether oxygens (including phenoxy) is 2. The molecule has 0 saturated carbocycles. The van der Waals surface area contributed by atoms with E-state index in [1.54, 1.807) is 24.3 Å². The first kappa shape index (κ1) is 29.4. The zero-order valence-electron chi connectivity index (χ0n) is 23.2. The summed E-state index contributed by atoms with van der Waals surface area (Å²) in [4.78, 5) is 11.8. The molecule has 0 aromatic heterocycles. The number of allylic oxidation sites excluding steroid dienone is 2. The van der Waals surface area contributed by atoms with Gasteiger partial charge in [-0.3, -0.25) is 4.79 Å². The van der Waals surface area contributed by atoms with Gasteiger partial charge in [0.05, 0.1) is 13.5 Å². The van der Waals surface area contributed by atoms with E-state index < -0.39 is 24.0 Å². The smallest absolute Gasteiger partial charge is 0.306 e. The fourth-order valence-corrected chi connectivity index (χ4v) is 5.36. The minimum atomic E-state index is -2.72. The molecule has 0 bridgehead atoms. The third-order valence-electron chi connectivity index (χ3n) is 7.71. The number of halogens is 4. The number of hydrogen-bond acceptors (Lipinski definition) is 3. The van der Waals surface area contributed by atoms with E-state index >= 15 is 4.39 Å². The van der Waals surface area contributed by atoms with Crippen LogP contribution in [0.25, 0.3) is 16.7 Å². The van der Waals surface area contributed by atoms with Crippen molar-refractivity contribution in [3.8, 4) is 16.9 Å². The van der Waals surface area contributed by atoms with Gasteiger partial charge in [0.25, 0.3) is 6.43 Å². The molecule has 1 aliphatic rings. The fourth-order valence-electron chi connectivity index (χ4n) is 5.36. The van der Waals surface area contributed by atoms with E-state index in [-0.39, 0.29) is 41.2 Å². The number of benzene rings is 3. The Labute approximate surface area is 232 Å². The van der Waals surface area contributed by atoms with Gasteiger partial charge in [0.2, 0.25) is 0 Å². The maximum atomic E-state index is 15.4. The van der Waals surface area contributed by atoms with Gasteiger partial charge in [-0.15, -0.1) is 0 Å². The Bertz CT molecular complexity index is 1410. The first-order valence-electron chi connectivity index (χ1n) is 13.5. The number of hydrogen-bond donors (Lipinski definition) is 0. The molecular formula is C33H34F4O3. The summed E-state index contributed by atoms with van der Waals surface area (Å²) >= 11 is 0. The molecule has 40 heavy (non-hydrogen) atoms. The minimum absolute atomic E-state index is 0.0364. The zero-order chi connectivity index (χ0) is 29.0. The van der Waals surface area contributed by atoms with Crippen molar-refractivity contribution in [3.05, 3.63) is 94.6 Å². The number of rotatable bonds is 10. The first-order chi connectivity index (χ1) is 19.1. The Kier molecular flexibility index (Phi) is 9.02. The molecule has 0 heterocycles. The molecule has 7 heteroatoms. The number of carbonyl (C=O) groups excluding carboxylic acids is 1. The number of alkyl halides is 2. The first-order valence-corrected chi connectivity index (χ1v) is 13.5. The molecule has 0 amide bonds. The standard InChI is InChI=1S/C33H34F4O3/c1-5-21(18-30(38)39-4)23-8-6-10-29(31(23)35)40-19-20-11-13-24(25(16-20)27-9-7-15-33(27,2)3)26-17-22(32(36)37)12-14-28(26)34/h6,8-14,16-17,21,32H,5,7,15,18-19H2,1-4H3. The average molecular weight is 555 g/mol. The second kappa shape index (κ2) is 12.3. The summed E-state index contributed by atoms with van der Waals surface area (Å²) in [5, 5.41) is 0. The second-order valence-corrected chi connectivity index (χ2v) is 10.8. The van der Waals surface area contributed by atoms with Crippen molar-refractivity contribution in [2.75, 3.05) is 7.11 Å². The van der Waals surface area contributed by atoms with Crippen LogP contribution in [0.2, 0.25) is 0 Å². The third kappa shape index (κ3) is 6.24. The summed E-state index contributed by atoms with van der Waals surface area (Å²) in [7, 11) is 1.30. The van der Waals surface area contributed by atoms with Gasteiger partial charge >= 0.3 is 5.97 Å². The van der Waals surface area contributed by atoms with Crippen molar-refractivity contribution in [1.82, 2.24) is 0 Å². The normalized spacial score (nSPS) is 15.2. The van der Waals surface area contributed by atoms with Crippen LogP contribution < -0.4 is 4.74 Å². The highest BCUT2D eigenvalue weighted by atomic mass is 19.3. The van der Waals surface area contributed by atoms with Gasteiger partial charge in [-0.05, 0) is 82.7 Å². The van der Waals surface area contributed by atoms with Gasteiger partial charge in [-0.25, -0.2) is 17.6 Å². The molecule has 0 spiro atoms. The van der Waals surface area contributed by atoms with Crippen LogP contribution in [0.15, 0.2) is 60.7 Å². The van der Waals surface area contributed by atoms with Crippen molar-refractivity contribution in [2.45, 2.75) is 65.4 Å². The molecular weight excluding hydrogens is 520 g/mol.